The molecule has 0 bridgehead atoms. The zero-order valence-electron chi connectivity index (χ0n) is 7.79. The largest absolute Gasteiger partial charge is 0.308 e. The van der Waals surface area contributed by atoms with Crippen LogP contribution in [0.25, 0.3) is 0 Å². The molecule has 0 unspecified atom stereocenters. The van der Waals surface area contributed by atoms with Crippen molar-refractivity contribution in [2.75, 3.05) is 0 Å². The van der Waals surface area contributed by atoms with Crippen LogP contribution in [0.2, 0.25) is 0 Å². The predicted octanol–water partition coefficient (Wildman–Crippen LogP) is 1.60. The van der Waals surface area contributed by atoms with Gasteiger partial charge in [-0.1, -0.05) is 13.8 Å². The summed E-state index contributed by atoms with van der Waals surface area (Å²) < 4.78 is 0. The Morgan fingerprint density at radius 2 is 2.08 bits per heavy atom. The Hall–Kier alpha value is -1.52. The number of H-pyrrole nitrogens is 1. The number of aromatic amines is 1. The Morgan fingerprint density at radius 3 is 2.46 bits per heavy atom. The number of nitrogens with zero attached hydrogens (tertiary/aromatic N) is 2. The summed E-state index contributed by atoms with van der Waals surface area (Å²) in [6.45, 7) is 5.41. The second-order valence-corrected chi connectivity index (χ2v) is 3.13. The first-order chi connectivity index (χ1) is 6.06. The highest BCUT2D eigenvalue weighted by Gasteiger charge is 2.09. The van der Waals surface area contributed by atoms with Gasteiger partial charge in [-0.05, 0) is 12.1 Å². The van der Waals surface area contributed by atoms with Crippen molar-refractivity contribution in [3.05, 3.63) is 26.8 Å². The maximum Gasteiger partial charge on any atom is 0.280 e. The number of aromatic nitrogens is 2. The van der Waals surface area contributed by atoms with Crippen molar-refractivity contribution in [2.45, 2.75) is 26.7 Å². The molecule has 1 aromatic heterocycles. The number of aryl methyl sites for hydroxylation is 1. The van der Waals surface area contributed by atoms with Crippen molar-refractivity contribution in [2.24, 2.45) is 5.18 Å². The molecule has 1 N–H and O–H groups in total. The number of hydrogen-bond acceptors (Lipinski definition) is 4. The maximum absolute atomic E-state index is 11.2. The average Bonchev–Trinajstić information content (AvgIpc) is 2.03. The van der Waals surface area contributed by atoms with E-state index in [0.29, 0.717) is 11.5 Å². The molecule has 1 aromatic rings. The van der Waals surface area contributed by atoms with Crippen molar-refractivity contribution < 1.29 is 0 Å². The van der Waals surface area contributed by atoms with E-state index in [2.05, 4.69) is 15.1 Å². The van der Waals surface area contributed by atoms with E-state index >= 15 is 0 Å². The van der Waals surface area contributed by atoms with Gasteiger partial charge in [0.2, 0.25) is 0 Å². The molecule has 13 heavy (non-hydrogen) atoms. The molecule has 0 atom stereocenters. The quantitative estimate of drug-likeness (QED) is 0.704. The first kappa shape index (κ1) is 9.57. The summed E-state index contributed by atoms with van der Waals surface area (Å²) >= 11 is 0. The maximum atomic E-state index is 11.2. The van der Waals surface area contributed by atoms with Crippen molar-refractivity contribution in [3.63, 3.8) is 0 Å². The van der Waals surface area contributed by atoms with Gasteiger partial charge in [0.1, 0.15) is 5.82 Å². The lowest BCUT2D eigenvalue weighted by atomic mass is 10.2. The Bertz CT molecular complexity index is 381. The van der Waals surface area contributed by atoms with Crippen LogP contribution in [0.1, 0.15) is 31.3 Å². The number of rotatable bonds is 2. The summed E-state index contributed by atoms with van der Waals surface area (Å²) in [6.07, 6.45) is 0. The van der Waals surface area contributed by atoms with Gasteiger partial charge in [-0.25, -0.2) is 4.98 Å². The zero-order chi connectivity index (χ0) is 10.0. The van der Waals surface area contributed by atoms with Gasteiger partial charge in [-0.3, -0.25) is 4.79 Å². The van der Waals surface area contributed by atoms with Crippen molar-refractivity contribution in [3.8, 4) is 0 Å². The molecule has 1 heterocycles. The van der Waals surface area contributed by atoms with Gasteiger partial charge in [0.15, 0.2) is 5.69 Å². The molecule has 0 fully saturated rings. The topological polar surface area (TPSA) is 75.2 Å². The van der Waals surface area contributed by atoms with Crippen LogP contribution >= 0.6 is 0 Å². The van der Waals surface area contributed by atoms with Crippen LogP contribution in [0.5, 0.6) is 0 Å². The van der Waals surface area contributed by atoms with E-state index < -0.39 is 5.56 Å². The average molecular weight is 181 g/mol. The number of hydrogen-bond donors (Lipinski definition) is 1. The van der Waals surface area contributed by atoms with Gasteiger partial charge >= 0.3 is 0 Å². The van der Waals surface area contributed by atoms with Crippen molar-refractivity contribution in [1.29, 1.82) is 0 Å². The molecule has 5 nitrogen and oxygen atoms in total. The summed E-state index contributed by atoms with van der Waals surface area (Å²) in [5, 5.41) is 2.61. The summed E-state index contributed by atoms with van der Waals surface area (Å²) in [6, 6.07) is 0. The SMILES string of the molecule is Cc1nc(C(C)C)[nH]c(=O)c1N=O. The van der Waals surface area contributed by atoms with Gasteiger partial charge in [0, 0.05) is 5.92 Å². The van der Waals surface area contributed by atoms with E-state index in [4.69, 9.17) is 0 Å². The van der Waals surface area contributed by atoms with Gasteiger partial charge in [0.05, 0.1) is 5.69 Å². The molecular weight excluding hydrogens is 170 g/mol. The molecule has 0 aliphatic rings. The van der Waals surface area contributed by atoms with Gasteiger partial charge < -0.3 is 4.98 Å². The second-order valence-electron chi connectivity index (χ2n) is 3.13. The molecule has 0 amide bonds. The fourth-order valence-electron chi connectivity index (χ4n) is 0.982. The lowest BCUT2D eigenvalue weighted by Crippen LogP contribution is -2.13. The molecule has 0 aliphatic heterocycles. The fourth-order valence-corrected chi connectivity index (χ4v) is 0.982. The highest BCUT2D eigenvalue weighted by molar-refractivity contribution is 5.38. The van der Waals surface area contributed by atoms with Crippen molar-refractivity contribution in [1.82, 2.24) is 9.97 Å². The third kappa shape index (κ3) is 1.80. The lowest BCUT2D eigenvalue weighted by molar-refractivity contribution is 0.759. The highest BCUT2D eigenvalue weighted by atomic mass is 16.3. The smallest absolute Gasteiger partial charge is 0.280 e. The second kappa shape index (κ2) is 3.47. The number of nitrogens with one attached hydrogen (secondary N) is 1. The normalized spacial score (nSPS) is 10.5. The van der Waals surface area contributed by atoms with Gasteiger partial charge in [-0.15, -0.1) is 4.91 Å². The zero-order valence-corrected chi connectivity index (χ0v) is 7.79. The van der Waals surface area contributed by atoms with Gasteiger partial charge in [-0.2, -0.15) is 0 Å². The van der Waals surface area contributed by atoms with E-state index in [-0.39, 0.29) is 11.6 Å². The lowest BCUT2D eigenvalue weighted by Gasteiger charge is -2.04. The van der Waals surface area contributed by atoms with Crippen LogP contribution in [0.3, 0.4) is 0 Å². The third-order valence-electron chi connectivity index (χ3n) is 1.73. The van der Waals surface area contributed by atoms with Gasteiger partial charge in [0.25, 0.3) is 5.56 Å². The van der Waals surface area contributed by atoms with Crippen molar-refractivity contribution >= 4 is 5.69 Å². The molecule has 0 aromatic carbocycles. The Kier molecular flexibility index (Phi) is 2.55. The Balaban J connectivity index is 3.37. The van der Waals surface area contributed by atoms with E-state index in [9.17, 15) is 9.70 Å². The van der Waals surface area contributed by atoms with Crippen LogP contribution in [0.15, 0.2) is 9.97 Å². The van der Waals surface area contributed by atoms with E-state index in [1.165, 1.54) is 0 Å². The van der Waals surface area contributed by atoms with Crippen LogP contribution in [0, 0.1) is 11.8 Å². The van der Waals surface area contributed by atoms with Crippen LogP contribution in [0.4, 0.5) is 5.69 Å². The molecule has 0 saturated carbocycles. The third-order valence-corrected chi connectivity index (χ3v) is 1.73. The molecule has 1 rings (SSSR count). The van der Waals surface area contributed by atoms with Crippen LogP contribution < -0.4 is 5.56 Å². The summed E-state index contributed by atoms with van der Waals surface area (Å²) in [5.41, 5.74) is -0.224. The highest BCUT2D eigenvalue weighted by Crippen LogP contribution is 2.12. The summed E-state index contributed by atoms with van der Waals surface area (Å²) in [5.74, 6) is 0.710. The molecule has 0 radical (unpaired) electrons. The summed E-state index contributed by atoms with van der Waals surface area (Å²) in [4.78, 5) is 28.0. The monoisotopic (exact) mass is 181 g/mol. The fraction of sp³-hybridized carbons (Fsp3) is 0.500. The minimum atomic E-state index is -0.466. The van der Waals surface area contributed by atoms with E-state index in [0.717, 1.165) is 0 Å². The standard InChI is InChI=1S/C8H11N3O2/c1-4(2)7-9-5(3)6(11-13)8(12)10-7/h4H,1-3H3,(H,9,10,12). The first-order valence-corrected chi connectivity index (χ1v) is 4.00. The number of nitroso groups, excluding NO2 is 1. The predicted molar refractivity (Wildman–Crippen MR) is 49.1 cm³/mol. The molecule has 70 valence electrons. The molecule has 0 spiro atoms. The first-order valence-electron chi connectivity index (χ1n) is 4.00. The Labute approximate surface area is 75.2 Å². The Morgan fingerprint density at radius 1 is 1.46 bits per heavy atom. The minimum Gasteiger partial charge on any atom is -0.308 e. The van der Waals surface area contributed by atoms with Crippen LogP contribution in [-0.4, -0.2) is 9.97 Å². The van der Waals surface area contributed by atoms with E-state index in [1.807, 2.05) is 13.8 Å². The molecule has 0 aliphatic carbocycles. The summed E-state index contributed by atoms with van der Waals surface area (Å²) in [7, 11) is 0. The molecule has 0 saturated heterocycles. The molecular formula is C8H11N3O2. The van der Waals surface area contributed by atoms with E-state index in [1.54, 1.807) is 6.92 Å². The minimum absolute atomic E-state index is 0.132. The van der Waals surface area contributed by atoms with Crippen LogP contribution in [-0.2, 0) is 0 Å². The molecule has 5 heteroatoms.